The molecule has 1 aliphatic rings. The number of aromatic nitrogens is 2. The number of halogens is 1. The third kappa shape index (κ3) is 5.53. The lowest BCUT2D eigenvalue weighted by atomic mass is 10.1. The summed E-state index contributed by atoms with van der Waals surface area (Å²) in [6.45, 7) is 0. The van der Waals surface area contributed by atoms with E-state index in [4.69, 9.17) is 21.1 Å². The Morgan fingerprint density at radius 2 is 1.82 bits per heavy atom. The Bertz CT molecular complexity index is 1220. The SMILES string of the molecule is COc1cc2ncnc(Nc3ccc(/C=C/C(=O)NC4CS(O)(O)CC4Cl)cc3)c2cc1OC. The molecule has 0 spiro atoms. The van der Waals surface area contributed by atoms with Crippen LogP contribution in [0.25, 0.3) is 17.0 Å². The van der Waals surface area contributed by atoms with Crippen molar-refractivity contribution >= 4 is 56.6 Å². The highest BCUT2D eigenvalue weighted by Gasteiger charge is 2.37. The van der Waals surface area contributed by atoms with Crippen molar-refractivity contribution in [2.75, 3.05) is 31.0 Å². The second-order valence-electron chi connectivity index (χ2n) is 7.79. The smallest absolute Gasteiger partial charge is 0.244 e. The van der Waals surface area contributed by atoms with E-state index in [1.165, 1.54) is 12.4 Å². The highest BCUT2D eigenvalue weighted by molar-refractivity contribution is 8.24. The largest absolute Gasteiger partial charge is 0.493 e. The summed E-state index contributed by atoms with van der Waals surface area (Å²) in [4.78, 5) is 20.9. The van der Waals surface area contributed by atoms with Crippen LogP contribution in [0, 0.1) is 0 Å². The van der Waals surface area contributed by atoms with E-state index < -0.39 is 22.0 Å². The predicted octanol–water partition coefficient (Wildman–Crippen LogP) is 4.26. The fraction of sp³-hybridized carbons (Fsp3) is 0.261. The molecule has 4 rings (SSSR count). The van der Waals surface area contributed by atoms with Gasteiger partial charge in [-0.3, -0.25) is 13.9 Å². The minimum Gasteiger partial charge on any atom is -0.493 e. The van der Waals surface area contributed by atoms with Gasteiger partial charge in [0.05, 0.1) is 42.7 Å². The number of carbonyl (C=O) groups excluding carboxylic acids is 1. The molecule has 1 aliphatic heterocycles. The number of hydrogen-bond donors (Lipinski definition) is 4. The summed E-state index contributed by atoms with van der Waals surface area (Å²) >= 11 is 6.11. The molecule has 2 heterocycles. The molecule has 34 heavy (non-hydrogen) atoms. The minimum atomic E-state index is -2.71. The fourth-order valence-electron chi connectivity index (χ4n) is 3.66. The average molecular weight is 505 g/mol. The summed E-state index contributed by atoms with van der Waals surface area (Å²) in [5.41, 5.74) is 2.33. The number of methoxy groups -OCH3 is 2. The Hall–Kier alpha value is -3.05. The number of hydrogen-bond acceptors (Lipinski definition) is 8. The predicted molar refractivity (Wildman–Crippen MR) is 136 cm³/mol. The van der Waals surface area contributed by atoms with E-state index >= 15 is 0 Å². The summed E-state index contributed by atoms with van der Waals surface area (Å²) < 4.78 is 30.2. The molecule has 9 nitrogen and oxygen atoms in total. The van der Waals surface area contributed by atoms with Gasteiger partial charge in [-0.15, -0.1) is 11.6 Å². The average Bonchev–Trinajstić information content (AvgIpc) is 3.08. The number of fused-ring (bicyclic) bond motifs is 1. The normalized spacial score (nSPS) is 20.3. The van der Waals surface area contributed by atoms with Crippen LogP contribution in [0.2, 0.25) is 0 Å². The molecule has 1 fully saturated rings. The van der Waals surface area contributed by atoms with Gasteiger partial charge in [0.2, 0.25) is 5.91 Å². The van der Waals surface area contributed by atoms with E-state index in [-0.39, 0.29) is 17.4 Å². The van der Waals surface area contributed by atoms with E-state index in [1.807, 2.05) is 30.3 Å². The Morgan fingerprint density at radius 1 is 1.12 bits per heavy atom. The molecule has 1 amide bonds. The number of ether oxygens (including phenoxy) is 2. The summed E-state index contributed by atoms with van der Waals surface area (Å²) in [6, 6.07) is 10.6. The fourth-order valence-corrected chi connectivity index (χ4v) is 6.30. The number of alkyl halides is 1. The number of carbonyl (C=O) groups is 1. The van der Waals surface area contributed by atoms with Crippen LogP contribution in [0.15, 0.2) is 48.8 Å². The van der Waals surface area contributed by atoms with Crippen LogP contribution in [0.4, 0.5) is 11.5 Å². The van der Waals surface area contributed by atoms with Crippen molar-refractivity contribution in [1.82, 2.24) is 15.3 Å². The molecule has 0 radical (unpaired) electrons. The molecule has 3 aromatic rings. The number of benzene rings is 2. The van der Waals surface area contributed by atoms with Crippen molar-refractivity contribution in [3.8, 4) is 11.5 Å². The molecule has 1 saturated heterocycles. The van der Waals surface area contributed by atoms with E-state index in [1.54, 1.807) is 26.4 Å². The zero-order valence-electron chi connectivity index (χ0n) is 18.6. The van der Waals surface area contributed by atoms with Gasteiger partial charge in [-0.2, -0.15) is 10.6 Å². The van der Waals surface area contributed by atoms with Gasteiger partial charge in [0.25, 0.3) is 0 Å². The summed E-state index contributed by atoms with van der Waals surface area (Å²) in [5.74, 6) is 1.62. The summed E-state index contributed by atoms with van der Waals surface area (Å²) in [5, 5.41) is 6.29. The molecule has 0 bridgehead atoms. The molecule has 2 atom stereocenters. The zero-order chi connectivity index (χ0) is 24.3. The lowest BCUT2D eigenvalue weighted by Gasteiger charge is -2.25. The molecule has 180 valence electrons. The maximum Gasteiger partial charge on any atom is 0.244 e. The van der Waals surface area contributed by atoms with E-state index in [9.17, 15) is 13.9 Å². The van der Waals surface area contributed by atoms with E-state index in [0.717, 1.165) is 16.6 Å². The second kappa shape index (κ2) is 10.1. The molecule has 2 unspecified atom stereocenters. The number of rotatable bonds is 7. The summed E-state index contributed by atoms with van der Waals surface area (Å²) in [7, 11) is 0.434. The second-order valence-corrected chi connectivity index (χ2v) is 10.6. The minimum absolute atomic E-state index is 0.0808. The molecule has 0 aliphatic carbocycles. The van der Waals surface area contributed by atoms with Crippen molar-refractivity contribution in [2.45, 2.75) is 11.4 Å². The van der Waals surface area contributed by atoms with Gasteiger partial charge in [0.1, 0.15) is 12.1 Å². The van der Waals surface area contributed by atoms with Crippen molar-refractivity contribution in [2.24, 2.45) is 0 Å². The third-order valence-electron chi connectivity index (χ3n) is 5.38. The first kappa shape index (κ1) is 24.1. The first-order valence-corrected chi connectivity index (χ1v) is 12.7. The van der Waals surface area contributed by atoms with Crippen molar-refractivity contribution < 1.29 is 23.4 Å². The van der Waals surface area contributed by atoms with Crippen molar-refractivity contribution in [3.05, 3.63) is 54.4 Å². The van der Waals surface area contributed by atoms with Crippen LogP contribution in [0.3, 0.4) is 0 Å². The molecule has 1 aromatic heterocycles. The van der Waals surface area contributed by atoms with E-state index in [0.29, 0.717) is 22.8 Å². The lowest BCUT2D eigenvalue weighted by molar-refractivity contribution is -0.116. The first-order valence-electron chi connectivity index (χ1n) is 10.4. The van der Waals surface area contributed by atoms with Gasteiger partial charge >= 0.3 is 0 Å². The number of amides is 1. The van der Waals surface area contributed by atoms with Crippen LogP contribution in [-0.2, 0) is 4.79 Å². The Kier molecular flexibility index (Phi) is 7.13. The van der Waals surface area contributed by atoms with Crippen molar-refractivity contribution in [1.29, 1.82) is 0 Å². The first-order chi connectivity index (χ1) is 16.3. The maximum absolute atomic E-state index is 12.2. The Labute approximate surface area is 203 Å². The number of anilines is 2. The lowest BCUT2D eigenvalue weighted by Crippen LogP contribution is -2.39. The third-order valence-corrected chi connectivity index (χ3v) is 7.81. The standard InChI is InChI=1S/C23H25ClN4O5S/c1-32-20-9-16-18(10-21(20)33-2)25-13-26-23(16)27-15-6-3-14(4-7-15)5-8-22(29)28-19-12-34(30,31)11-17(19)24/h3-10,13,17,19,30-31H,11-12H2,1-2H3,(H,28,29)(H,25,26,27)/b8-5+. The molecular weight excluding hydrogens is 480 g/mol. The van der Waals surface area contributed by atoms with Gasteiger partial charge in [0.15, 0.2) is 11.5 Å². The maximum atomic E-state index is 12.2. The van der Waals surface area contributed by atoms with Crippen LogP contribution in [0.1, 0.15) is 5.56 Å². The van der Waals surface area contributed by atoms with Gasteiger partial charge in [0, 0.05) is 23.2 Å². The molecule has 2 aromatic carbocycles. The zero-order valence-corrected chi connectivity index (χ0v) is 20.1. The van der Waals surface area contributed by atoms with Crippen LogP contribution < -0.4 is 20.1 Å². The van der Waals surface area contributed by atoms with Gasteiger partial charge in [-0.1, -0.05) is 12.1 Å². The van der Waals surface area contributed by atoms with Crippen LogP contribution in [-0.4, -0.2) is 62.1 Å². The summed E-state index contributed by atoms with van der Waals surface area (Å²) in [6.07, 6.45) is 4.54. The van der Waals surface area contributed by atoms with E-state index in [2.05, 4.69) is 20.6 Å². The van der Waals surface area contributed by atoms with Crippen LogP contribution >= 0.6 is 22.2 Å². The molecule has 4 N–H and O–H groups in total. The topological polar surface area (TPSA) is 126 Å². The molecule has 0 saturated carbocycles. The molecular formula is C23H25ClN4O5S. The highest BCUT2D eigenvalue weighted by atomic mass is 35.5. The van der Waals surface area contributed by atoms with Crippen LogP contribution in [0.5, 0.6) is 11.5 Å². The van der Waals surface area contributed by atoms with Gasteiger partial charge in [-0.25, -0.2) is 9.97 Å². The molecule has 11 heteroatoms. The monoisotopic (exact) mass is 504 g/mol. The van der Waals surface area contributed by atoms with Crippen molar-refractivity contribution in [3.63, 3.8) is 0 Å². The Balaban J connectivity index is 1.43. The Morgan fingerprint density at radius 3 is 2.47 bits per heavy atom. The highest BCUT2D eigenvalue weighted by Crippen LogP contribution is 2.47. The van der Waals surface area contributed by atoms with Gasteiger partial charge < -0.3 is 20.1 Å². The number of nitrogens with zero attached hydrogens (tertiary/aromatic N) is 2. The number of nitrogens with one attached hydrogen (secondary N) is 2. The van der Waals surface area contributed by atoms with Gasteiger partial charge in [-0.05, 0) is 29.8 Å². The quantitative estimate of drug-likeness (QED) is 0.278.